The highest BCUT2D eigenvalue weighted by atomic mass is 16.4. The SMILES string of the molecule is CC(C)Nc1oc(-c2ccccc2)nc1C=Cc1ccccc1. The fourth-order valence-corrected chi connectivity index (χ4v) is 2.25. The quantitative estimate of drug-likeness (QED) is 0.692. The molecule has 0 bridgehead atoms. The van der Waals surface area contributed by atoms with Gasteiger partial charge < -0.3 is 9.73 Å². The van der Waals surface area contributed by atoms with Crippen LogP contribution in [0.4, 0.5) is 5.88 Å². The number of benzene rings is 2. The minimum Gasteiger partial charge on any atom is -0.420 e. The van der Waals surface area contributed by atoms with Gasteiger partial charge in [-0.15, -0.1) is 0 Å². The van der Waals surface area contributed by atoms with Crippen LogP contribution in [0.1, 0.15) is 25.1 Å². The van der Waals surface area contributed by atoms with E-state index in [2.05, 4.69) is 36.3 Å². The summed E-state index contributed by atoms with van der Waals surface area (Å²) >= 11 is 0. The van der Waals surface area contributed by atoms with Gasteiger partial charge in [-0.25, -0.2) is 4.98 Å². The van der Waals surface area contributed by atoms with Gasteiger partial charge in [0.25, 0.3) is 0 Å². The summed E-state index contributed by atoms with van der Waals surface area (Å²) in [5.74, 6) is 1.33. The Hall–Kier alpha value is -2.81. The van der Waals surface area contributed by atoms with E-state index in [0.29, 0.717) is 11.8 Å². The number of nitrogens with one attached hydrogen (secondary N) is 1. The van der Waals surface area contributed by atoms with Crippen molar-refractivity contribution in [3.8, 4) is 11.5 Å². The highest BCUT2D eigenvalue weighted by Crippen LogP contribution is 2.27. The van der Waals surface area contributed by atoms with Gasteiger partial charge in [0.1, 0.15) is 5.69 Å². The molecule has 3 rings (SSSR count). The third kappa shape index (κ3) is 3.89. The summed E-state index contributed by atoms with van der Waals surface area (Å²) in [6.45, 7) is 4.16. The molecule has 2 aromatic carbocycles. The van der Waals surface area contributed by atoms with E-state index in [1.54, 1.807) is 0 Å². The number of hydrogen-bond donors (Lipinski definition) is 1. The van der Waals surface area contributed by atoms with Gasteiger partial charge in [0.05, 0.1) is 0 Å². The summed E-state index contributed by atoms with van der Waals surface area (Å²) in [5.41, 5.74) is 2.91. The molecule has 0 unspecified atom stereocenters. The minimum atomic E-state index is 0.274. The monoisotopic (exact) mass is 304 g/mol. The predicted octanol–water partition coefficient (Wildman–Crippen LogP) is 5.33. The lowest BCUT2D eigenvalue weighted by Gasteiger charge is -2.06. The Morgan fingerprint density at radius 2 is 1.57 bits per heavy atom. The molecule has 0 fully saturated rings. The molecule has 0 spiro atoms. The number of aromatic nitrogens is 1. The predicted molar refractivity (Wildman–Crippen MR) is 96.1 cm³/mol. The Morgan fingerprint density at radius 3 is 2.22 bits per heavy atom. The van der Waals surface area contributed by atoms with E-state index in [1.807, 2.05) is 60.7 Å². The molecule has 0 saturated heterocycles. The van der Waals surface area contributed by atoms with Crippen LogP contribution in [0.15, 0.2) is 65.1 Å². The molecular weight excluding hydrogens is 284 g/mol. The molecule has 116 valence electrons. The zero-order valence-corrected chi connectivity index (χ0v) is 13.4. The van der Waals surface area contributed by atoms with Gasteiger partial charge in [0.2, 0.25) is 11.8 Å². The smallest absolute Gasteiger partial charge is 0.229 e. The lowest BCUT2D eigenvalue weighted by molar-refractivity contribution is 0.579. The lowest BCUT2D eigenvalue weighted by Crippen LogP contribution is -2.09. The molecule has 3 aromatic rings. The van der Waals surface area contributed by atoms with E-state index in [9.17, 15) is 0 Å². The molecule has 0 saturated carbocycles. The first kappa shape index (κ1) is 15.1. The Bertz CT molecular complexity index is 774. The Labute approximate surface area is 136 Å². The molecule has 0 aliphatic carbocycles. The molecule has 0 amide bonds. The van der Waals surface area contributed by atoms with Crippen LogP contribution in [-0.2, 0) is 0 Å². The molecule has 0 atom stereocenters. The Kier molecular flexibility index (Phi) is 4.57. The zero-order valence-electron chi connectivity index (χ0n) is 13.4. The van der Waals surface area contributed by atoms with Crippen LogP contribution in [-0.4, -0.2) is 11.0 Å². The third-order valence-electron chi connectivity index (χ3n) is 3.33. The molecule has 3 nitrogen and oxygen atoms in total. The lowest BCUT2D eigenvalue weighted by atomic mass is 10.2. The normalized spacial score (nSPS) is 11.3. The molecule has 1 heterocycles. The fourth-order valence-electron chi connectivity index (χ4n) is 2.25. The number of anilines is 1. The first-order valence-electron chi connectivity index (χ1n) is 7.78. The van der Waals surface area contributed by atoms with Crippen molar-refractivity contribution >= 4 is 18.0 Å². The van der Waals surface area contributed by atoms with Gasteiger partial charge >= 0.3 is 0 Å². The summed E-state index contributed by atoms with van der Waals surface area (Å²) in [6.07, 6.45) is 4.02. The van der Waals surface area contributed by atoms with Crippen molar-refractivity contribution in [1.82, 2.24) is 4.98 Å². The molecule has 1 aromatic heterocycles. The summed E-state index contributed by atoms with van der Waals surface area (Å²) < 4.78 is 5.93. The highest BCUT2D eigenvalue weighted by molar-refractivity contribution is 5.74. The molecule has 0 radical (unpaired) electrons. The largest absolute Gasteiger partial charge is 0.420 e. The van der Waals surface area contributed by atoms with Gasteiger partial charge in [0.15, 0.2) is 0 Å². The van der Waals surface area contributed by atoms with Crippen LogP contribution >= 0.6 is 0 Å². The van der Waals surface area contributed by atoms with Gasteiger partial charge in [-0.1, -0.05) is 54.6 Å². The van der Waals surface area contributed by atoms with Crippen molar-refractivity contribution in [2.75, 3.05) is 5.32 Å². The molecular formula is C20H20N2O. The standard InChI is InChI=1S/C20H20N2O/c1-15(2)21-20-18(14-13-16-9-5-3-6-10-16)22-19(23-20)17-11-7-4-8-12-17/h3-15,21H,1-2H3. The van der Waals surface area contributed by atoms with Crippen molar-refractivity contribution in [2.24, 2.45) is 0 Å². The van der Waals surface area contributed by atoms with E-state index in [0.717, 1.165) is 16.8 Å². The van der Waals surface area contributed by atoms with Crippen LogP contribution in [0.25, 0.3) is 23.6 Å². The molecule has 0 aliphatic heterocycles. The van der Waals surface area contributed by atoms with Crippen molar-refractivity contribution < 1.29 is 4.42 Å². The first-order chi connectivity index (χ1) is 11.2. The average molecular weight is 304 g/mol. The Morgan fingerprint density at radius 1 is 0.913 bits per heavy atom. The van der Waals surface area contributed by atoms with Gasteiger partial charge in [0, 0.05) is 11.6 Å². The Balaban J connectivity index is 1.94. The van der Waals surface area contributed by atoms with E-state index >= 15 is 0 Å². The van der Waals surface area contributed by atoms with Crippen molar-refractivity contribution in [2.45, 2.75) is 19.9 Å². The maximum absolute atomic E-state index is 5.93. The summed E-state index contributed by atoms with van der Waals surface area (Å²) in [6, 6.07) is 20.4. The second kappa shape index (κ2) is 6.97. The molecule has 23 heavy (non-hydrogen) atoms. The maximum Gasteiger partial charge on any atom is 0.229 e. The topological polar surface area (TPSA) is 38.1 Å². The molecule has 0 aliphatic rings. The minimum absolute atomic E-state index is 0.274. The third-order valence-corrected chi connectivity index (χ3v) is 3.33. The number of oxazole rings is 1. The van der Waals surface area contributed by atoms with Crippen molar-refractivity contribution in [3.63, 3.8) is 0 Å². The van der Waals surface area contributed by atoms with Gasteiger partial charge in [-0.3, -0.25) is 0 Å². The van der Waals surface area contributed by atoms with Gasteiger partial charge in [-0.05, 0) is 37.6 Å². The van der Waals surface area contributed by atoms with Crippen LogP contribution in [0.3, 0.4) is 0 Å². The van der Waals surface area contributed by atoms with E-state index in [-0.39, 0.29) is 6.04 Å². The van der Waals surface area contributed by atoms with E-state index in [4.69, 9.17) is 4.42 Å². The summed E-state index contributed by atoms with van der Waals surface area (Å²) in [5, 5.41) is 3.32. The summed E-state index contributed by atoms with van der Waals surface area (Å²) in [4.78, 5) is 4.63. The van der Waals surface area contributed by atoms with Crippen molar-refractivity contribution in [3.05, 3.63) is 71.9 Å². The van der Waals surface area contributed by atoms with E-state index in [1.165, 1.54) is 0 Å². The average Bonchev–Trinajstić information content (AvgIpc) is 2.97. The fraction of sp³-hybridized carbons (Fsp3) is 0.150. The van der Waals surface area contributed by atoms with Crippen LogP contribution in [0.2, 0.25) is 0 Å². The number of hydrogen-bond acceptors (Lipinski definition) is 3. The molecule has 3 heteroatoms. The second-order valence-electron chi connectivity index (χ2n) is 5.64. The first-order valence-corrected chi connectivity index (χ1v) is 7.78. The summed E-state index contributed by atoms with van der Waals surface area (Å²) in [7, 11) is 0. The van der Waals surface area contributed by atoms with Gasteiger partial charge in [-0.2, -0.15) is 0 Å². The zero-order chi connectivity index (χ0) is 16.1. The van der Waals surface area contributed by atoms with Crippen LogP contribution < -0.4 is 5.32 Å². The van der Waals surface area contributed by atoms with Crippen LogP contribution in [0, 0.1) is 0 Å². The maximum atomic E-state index is 5.93. The van der Waals surface area contributed by atoms with Crippen molar-refractivity contribution in [1.29, 1.82) is 0 Å². The van der Waals surface area contributed by atoms with E-state index < -0.39 is 0 Å². The molecule has 1 N–H and O–H groups in total. The highest BCUT2D eigenvalue weighted by Gasteiger charge is 2.13. The van der Waals surface area contributed by atoms with Crippen LogP contribution in [0.5, 0.6) is 0 Å². The number of nitrogens with zero attached hydrogens (tertiary/aromatic N) is 1. The number of rotatable bonds is 5. The second-order valence-corrected chi connectivity index (χ2v) is 5.64.